The van der Waals surface area contributed by atoms with Crippen molar-refractivity contribution in [3.8, 4) is 0 Å². The van der Waals surface area contributed by atoms with Gasteiger partial charge >= 0.3 is 6.09 Å². The second kappa shape index (κ2) is 6.51. The third-order valence-electron chi connectivity index (χ3n) is 2.07. The average Bonchev–Trinajstić information content (AvgIpc) is 2.09. The highest BCUT2D eigenvalue weighted by atomic mass is 16.5. The largest absolute Gasteiger partial charge is 0.415 e. The van der Waals surface area contributed by atoms with Gasteiger partial charge < -0.3 is 9.64 Å². The van der Waals surface area contributed by atoms with E-state index < -0.39 is 0 Å². The van der Waals surface area contributed by atoms with Crippen LogP contribution in [0.3, 0.4) is 0 Å². The predicted octanol–water partition coefficient (Wildman–Crippen LogP) is 3.96. The van der Waals surface area contributed by atoms with Crippen LogP contribution in [-0.4, -0.2) is 23.1 Å². The molecular formula is C14H25NO2. The van der Waals surface area contributed by atoms with Gasteiger partial charge in [-0.15, -0.1) is 0 Å². The van der Waals surface area contributed by atoms with Crippen molar-refractivity contribution in [3.63, 3.8) is 0 Å². The van der Waals surface area contributed by atoms with Gasteiger partial charge in [-0.25, -0.2) is 4.79 Å². The van der Waals surface area contributed by atoms with E-state index in [1.165, 1.54) is 6.26 Å². The molecular weight excluding hydrogens is 214 g/mol. The number of nitrogens with zero attached hydrogens (tertiary/aromatic N) is 1. The fourth-order valence-corrected chi connectivity index (χ4v) is 1.45. The van der Waals surface area contributed by atoms with Crippen molar-refractivity contribution in [1.82, 2.24) is 4.90 Å². The van der Waals surface area contributed by atoms with E-state index in [1.54, 1.807) is 4.90 Å². The zero-order valence-electron chi connectivity index (χ0n) is 12.1. The second-order valence-corrected chi connectivity index (χ2v) is 5.77. The minimum absolute atomic E-state index is 0.0404. The molecule has 3 heteroatoms. The first kappa shape index (κ1) is 15.8. The van der Waals surface area contributed by atoms with Gasteiger partial charge in [-0.3, -0.25) is 0 Å². The zero-order valence-corrected chi connectivity index (χ0v) is 12.1. The topological polar surface area (TPSA) is 29.5 Å². The maximum Gasteiger partial charge on any atom is 0.415 e. The van der Waals surface area contributed by atoms with Crippen LogP contribution in [-0.2, 0) is 4.74 Å². The average molecular weight is 239 g/mol. The van der Waals surface area contributed by atoms with Crippen molar-refractivity contribution >= 4 is 6.09 Å². The van der Waals surface area contributed by atoms with Crippen molar-refractivity contribution in [2.75, 3.05) is 0 Å². The van der Waals surface area contributed by atoms with Gasteiger partial charge in [0, 0.05) is 12.1 Å². The molecule has 17 heavy (non-hydrogen) atoms. The van der Waals surface area contributed by atoms with Gasteiger partial charge in [-0.2, -0.15) is 0 Å². The van der Waals surface area contributed by atoms with Crippen molar-refractivity contribution < 1.29 is 9.53 Å². The number of ether oxygens (including phenoxy) is 1. The zero-order chi connectivity index (χ0) is 13.6. The van der Waals surface area contributed by atoms with E-state index in [1.807, 2.05) is 33.8 Å². The highest BCUT2D eigenvalue weighted by molar-refractivity contribution is 5.68. The summed E-state index contributed by atoms with van der Waals surface area (Å²) in [7, 11) is 0. The molecule has 0 fully saturated rings. The summed E-state index contributed by atoms with van der Waals surface area (Å²) >= 11 is 0. The quantitative estimate of drug-likeness (QED) is 0.551. The summed E-state index contributed by atoms with van der Waals surface area (Å²) in [4.78, 5) is 13.5. The van der Waals surface area contributed by atoms with Gasteiger partial charge in [0.25, 0.3) is 0 Å². The van der Waals surface area contributed by atoms with Crippen LogP contribution in [0.2, 0.25) is 0 Å². The van der Waals surface area contributed by atoms with Gasteiger partial charge in [0.1, 0.15) is 6.26 Å². The van der Waals surface area contributed by atoms with Crippen LogP contribution in [0.1, 0.15) is 48.5 Å². The van der Waals surface area contributed by atoms with E-state index in [2.05, 4.69) is 26.5 Å². The maximum atomic E-state index is 11.8. The molecule has 1 amide bonds. The molecule has 0 saturated heterocycles. The predicted molar refractivity (Wildman–Crippen MR) is 70.7 cm³/mol. The van der Waals surface area contributed by atoms with Crippen LogP contribution in [0.4, 0.5) is 4.79 Å². The lowest BCUT2D eigenvalue weighted by molar-refractivity contribution is 0.109. The molecule has 0 rings (SSSR count). The first-order valence-electron chi connectivity index (χ1n) is 6.06. The molecule has 0 saturated carbocycles. The smallest absolute Gasteiger partial charge is 0.410 e. The first-order valence-corrected chi connectivity index (χ1v) is 6.06. The van der Waals surface area contributed by atoms with Crippen LogP contribution >= 0.6 is 0 Å². The first-order chi connectivity index (χ1) is 7.65. The molecule has 0 bridgehead atoms. The van der Waals surface area contributed by atoms with E-state index in [4.69, 9.17) is 4.74 Å². The summed E-state index contributed by atoms with van der Waals surface area (Å²) in [6, 6.07) is 0.255. The summed E-state index contributed by atoms with van der Waals surface area (Å²) in [5.41, 5.74) is 2.91. The van der Waals surface area contributed by atoms with Crippen LogP contribution in [0.5, 0.6) is 0 Å². The standard InChI is InChI=1S/C14H25NO2/c1-11(2)15(12(3)4)13(16)17-10-8-9-14(5,6)7/h9-12H,1-7H3. The molecule has 0 unspecified atom stereocenters. The molecule has 0 radical (unpaired) electrons. The fraction of sp³-hybridized carbons (Fsp3) is 0.714. The van der Waals surface area contributed by atoms with Gasteiger partial charge in [0.2, 0.25) is 0 Å². The summed E-state index contributed by atoms with van der Waals surface area (Å²) < 4.78 is 5.04. The number of allylic oxidation sites excluding steroid dienone is 1. The molecule has 0 spiro atoms. The number of carbonyl (C=O) groups excluding carboxylic acids is 1. The van der Waals surface area contributed by atoms with Gasteiger partial charge in [-0.05, 0) is 39.2 Å². The normalized spacial score (nSPS) is 11.1. The molecule has 0 aromatic heterocycles. The Bertz CT molecular complexity index is 297. The Morgan fingerprint density at radius 2 is 1.65 bits per heavy atom. The molecule has 0 aromatic carbocycles. The molecule has 0 heterocycles. The van der Waals surface area contributed by atoms with E-state index >= 15 is 0 Å². The van der Waals surface area contributed by atoms with E-state index in [9.17, 15) is 4.79 Å². The monoisotopic (exact) mass is 239 g/mol. The van der Waals surface area contributed by atoms with Crippen LogP contribution in [0.25, 0.3) is 0 Å². The van der Waals surface area contributed by atoms with Gasteiger partial charge in [0.15, 0.2) is 0 Å². The molecule has 3 nitrogen and oxygen atoms in total. The number of amides is 1. The number of rotatable bonds is 3. The van der Waals surface area contributed by atoms with Crippen molar-refractivity contribution in [3.05, 3.63) is 18.1 Å². The van der Waals surface area contributed by atoms with E-state index in [-0.39, 0.29) is 23.6 Å². The minimum Gasteiger partial charge on any atom is -0.410 e. The molecule has 0 aliphatic rings. The minimum atomic E-state index is -0.329. The van der Waals surface area contributed by atoms with Gasteiger partial charge in [0.05, 0.1) is 0 Å². The highest BCUT2D eigenvalue weighted by Gasteiger charge is 2.20. The maximum absolute atomic E-state index is 11.8. The molecule has 0 aliphatic carbocycles. The molecule has 0 aliphatic heterocycles. The van der Waals surface area contributed by atoms with Crippen molar-refractivity contribution in [1.29, 1.82) is 0 Å². The summed E-state index contributed by atoms with van der Waals surface area (Å²) in [5, 5.41) is 0. The summed E-state index contributed by atoms with van der Waals surface area (Å²) in [6.45, 7) is 14.1. The van der Waals surface area contributed by atoms with Crippen molar-refractivity contribution in [2.24, 2.45) is 5.41 Å². The lowest BCUT2D eigenvalue weighted by Crippen LogP contribution is -2.41. The molecule has 0 N–H and O–H groups in total. The van der Waals surface area contributed by atoms with Crippen molar-refractivity contribution in [2.45, 2.75) is 60.5 Å². The Labute approximate surface area is 105 Å². The van der Waals surface area contributed by atoms with Gasteiger partial charge in [-0.1, -0.05) is 26.5 Å². The Morgan fingerprint density at radius 1 is 1.18 bits per heavy atom. The van der Waals surface area contributed by atoms with Crippen LogP contribution in [0.15, 0.2) is 18.1 Å². The third kappa shape index (κ3) is 6.85. The lowest BCUT2D eigenvalue weighted by Gasteiger charge is -2.28. The van der Waals surface area contributed by atoms with E-state index in [0.717, 1.165) is 0 Å². The SMILES string of the molecule is CC(C)N(C(=O)OC=C=CC(C)(C)C)C(C)C. The Kier molecular flexibility index (Phi) is 6.04. The molecule has 98 valence electrons. The third-order valence-corrected chi connectivity index (χ3v) is 2.07. The van der Waals surface area contributed by atoms with E-state index in [0.29, 0.717) is 0 Å². The van der Waals surface area contributed by atoms with Crippen LogP contribution in [0, 0.1) is 5.41 Å². The number of hydrogen-bond acceptors (Lipinski definition) is 2. The van der Waals surface area contributed by atoms with Crippen LogP contribution < -0.4 is 0 Å². The Morgan fingerprint density at radius 3 is 2.00 bits per heavy atom. The molecule has 0 aromatic rings. The lowest BCUT2D eigenvalue weighted by atomic mass is 9.97. The Balaban J connectivity index is 4.50. The second-order valence-electron chi connectivity index (χ2n) is 5.77. The number of hydrogen-bond donors (Lipinski definition) is 0. The number of carbonyl (C=O) groups is 1. The molecule has 0 atom stereocenters. The summed E-state index contributed by atoms with van der Waals surface area (Å²) in [5.74, 6) is 0. The highest BCUT2D eigenvalue weighted by Crippen LogP contribution is 2.13. The Hall–Kier alpha value is -1.21. The fourth-order valence-electron chi connectivity index (χ4n) is 1.45. The summed E-state index contributed by atoms with van der Waals surface area (Å²) in [6.07, 6.45) is 2.87.